The van der Waals surface area contributed by atoms with Crippen LogP contribution >= 0.6 is 0 Å². The molecular weight excluding hydrogens is 456 g/mol. The number of ether oxygens (including phenoxy) is 1. The van der Waals surface area contributed by atoms with Gasteiger partial charge in [0.1, 0.15) is 12.4 Å². The minimum atomic E-state index is 0.0363. The van der Waals surface area contributed by atoms with E-state index in [0.29, 0.717) is 25.3 Å². The highest BCUT2D eigenvalue weighted by Gasteiger charge is 2.21. The van der Waals surface area contributed by atoms with Gasteiger partial charge in [-0.1, -0.05) is 78.4 Å². The smallest absolute Gasteiger partial charge is 0.255 e. The first-order chi connectivity index (χ1) is 18.2. The molecule has 4 heteroatoms. The normalized spacial score (nSPS) is 13.2. The third kappa shape index (κ3) is 6.34. The number of pyridine rings is 1. The van der Waals surface area contributed by atoms with Crippen LogP contribution in [0.3, 0.4) is 0 Å². The zero-order chi connectivity index (χ0) is 25.5. The molecule has 0 saturated carbocycles. The molecule has 0 bridgehead atoms. The van der Waals surface area contributed by atoms with Gasteiger partial charge in [0.15, 0.2) is 0 Å². The standard InChI is InChI=1S/C33H32N2O2/c1-25-12-15-32(37-24-27-10-6-3-7-11-27)31(20-25)29-16-18-35(19-17-29)33(36)30-21-28(22-34-23-30)14-13-26-8-4-2-5-9-26/h2-12,15-16,20-23H,13-14,17-19,24H2,1H3. The lowest BCUT2D eigenvalue weighted by Crippen LogP contribution is -2.34. The summed E-state index contributed by atoms with van der Waals surface area (Å²) in [6.07, 6.45) is 8.30. The predicted octanol–water partition coefficient (Wildman–Crippen LogP) is 6.68. The molecule has 4 nitrogen and oxygen atoms in total. The van der Waals surface area contributed by atoms with Gasteiger partial charge in [0, 0.05) is 31.0 Å². The van der Waals surface area contributed by atoms with Crippen molar-refractivity contribution in [2.75, 3.05) is 13.1 Å². The highest BCUT2D eigenvalue weighted by Crippen LogP contribution is 2.32. The maximum Gasteiger partial charge on any atom is 0.255 e. The summed E-state index contributed by atoms with van der Waals surface area (Å²) in [6.45, 7) is 3.88. The van der Waals surface area contributed by atoms with Crippen molar-refractivity contribution in [3.8, 4) is 5.75 Å². The topological polar surface area (TPSA) is 42.4 Å². The quantitative estimate of drug-likeness (QED) is 0.278. The number of carbonyl (C=O) groups is 1. The van der Waals surface area contributed by atoms with Crippen LogP contribution in [0.25, 0.3) is 5.57 Å². The summed E-state index contributed by atoms with van der Waals surface area (Å²) in [5.41, 5.74) is 7.71. The van der Waals surface area contributed by atoms with Gasteiger partial charge in [0.25, 0.3) is 5.91 Å². The molecule has 0 N–H and O–H groups in total. The van der Waals surface area contributed by atoms with Crippen molar-refractivity contribution >= 4 is 11.5 Å². The molecule has 1 amide bonds. The lowest BCUT2D eigenvalue weighted by Gasteiger charge is -2.27. The number of benzene rings is 3. The Morgan fingerprint density at radius 3 is 2.32 bits per heavy atom. The molecule has 0 saturated heterocycles. The summed E-state index contributed by atoms with van der Waals surface area (Å²) in [4.78, 5) is 19.5. The van der Waals surface area contributed by atoms with Crippen LogP contribution in [0, 0.1) is 6.92 Å². The van der Waals surface area contributed by atoms with Gasteiger partial charge < -0.3 is 9.64 Å². The minimum Gasteiger partial charge on any atom is -0.488 e. The van der Waals surface area contributed by atoms with Crippen LogP contribution in [0.15, 0.2) is 103 Å². The Labute approximate surface area is 219 Å². The van der Waals surface area contributed by atoms with E-state index in [1.165, 1.54) is 16.7 Å². The van der Waals surface area contributed by atoms with Gasteiger partial charge in [0.05, 0.1) is 5.56 Å². The zero-order valence-electron chi connectivity index (χ0n) is 21.3. The number of aryl methyl sites for hydroxylation is 3. The first kappa shape index (κ1) is 24.5. The number of hydrogen-bond acceptors (Lipinski definition) is 3. The van der Waals surface area contributed by atoms with Crippen molar-refractivity contribution in [3.05, 3.63) is 137 Å². The molecule has 0 radical (unpaired) electrons. The van der Waals surface area contributed by atoms with Crippen molar-refractivity contribution < 1.29 is 9.53 Å². The summed E-state index contributed by atoms with van der Waals surface area (Å²) in [5, 5.41) is 0. The number of nitrogens with zero attached hydrogens (tertiary/aromatic N) is 2. The summed E-state index contributed by atoms with van der Waals surface area (Å²) in [6, 6.07) is 28.9. The van der Waals surface area contributed by atoms with Gasteiger partial charge in [0.2, 0.25) is 0 Å². The molecular formula is C33H32N2O2. The van der Waals surface area contributed by atoms with E-state index in [0.717, 1.165) is 41.7 Å². The second-order valence-corrected chi connectivity index (χ2v) is 9.57. The molecule has 0 unspecified atom stereocenters. The van der Waals surface area contributed by atoms with E-state index >= 15 is 0 Å². The SMILES string of the molecule is Cc1ccc(OCc2ccccc2)c(C2=CCN(C(=O)c3cncc(CCc4ccccc4)c3)CC2)c1. The summed E-state index contributed by atoms with van der Waals surface area (Å²) in [5.74, 6) is 0.921. The summed E-state index contributed by atoms with van der Waals surface area (Å²) >= 11 is 0. The van der Waals surface area contributed by atoms with E-state index in [2.05, 4.69) is 72.6 Å². The molecule has 0 atom stereocenters. The molecule has 186 valence electrons. The number of carbonyl (C=O) groups excluding carboxylic acids is 1. The van der Waals surface area contributed by atoms with Gasteiger partial charge >= 0.3 is 0 Å². The second-order valence-electron chi connectivity index (χ2n) is 9.57. The third-order valence-electron chi connectivity index (χ3n) is 6.80. The fourth-order valence-electron chi connectivity index (χ4n) is 4.71. The van der Waals surface area contributed by atoms with Gasteiger partial charge in [-0.3, -0.25) is 9.78 Å². The lowest BCUT2D eigenvalue weighted by molar-refractivity contribution is 0.0772. The van der Waals surface area contributed by atoms with E-state index in [4.69, 9.17) is 4.74 Å². The number of aromatic nitrogens is 1. The maximum absolute atomic E-state index is 13.3. The van der Waals surface area contributed by atoms with Crippen molar-refractivity contribution in [2.45, 2.75) is 32.8 Å². The van der Waals surface area contributed by atoms with Gasteiger partial charge in [-0.25, -0.2) is 0 Å². The predicted molar refractivity (Wildman–Crippen MR) is 149 cm³/mol. The van der Waals surface area contributed by atoms with E-state index in [1.54, 1.807) is 6.20 Å². The van der Waals surface area contributed by atoms with Crippen LogP contribution in [-0.4, -0.2) is 28.9 Å². The van der Waals surface area contributed by atoms with Crippen molar-refractivity contribution in [1.82, 2.24) is 9.88 Å². The highest BCUT2D eigenvalue weighted by atomic mass is 16.5. The highest BCUT2D eigenvalue weighted by molar-refractivity contribution is 5.94. The Bertz CT molecular complexity index is 1380. The summed E-state index contributed by atoms with van der Waals surface area (Å²) in [7, 11) is 0. The van der Waals surface area contributed by atoms with Crippen molar-refractivity contribution in [3.63, 3.8) is 0 Å². The molecule has 5 rings (SSSR count). The van der Waals surface area contributed by atoms with Crippen LogP contribution in [0.4, 0.5) is 0 Å². The Kier molecular flexibility index (Phi) is 7.75. The van der Waals surface area contributed by atoms with Crippen LogP contribution in [0.2, 0.25) is 0 Å². The monoisotopic (exact) mass is 488 g/mol. The largest absolute Gasteiger partial charge is 0.488 e. The lowest BCUT2D eigenvalue weighted by atomic mass is 9.96. The first-order valence-electron chi connectivity index (χ1n) is 12.9. The van der Waals surface area contributed by atoms with Crippen molar-refractivity contribution in [1.29, 1.82) is 0 Å². The molecule has 1 aromatic heterocycles. The average molecular weight is 489 g/mol. The van der Waals surface area contributed by atoms with E-state index in [1.807, 2.05) is 41.4 Å². The Hall–Kier alpha value is -4.18. The zero-order valence-corrected chi connectivity index (χ0v) is 21.3. The maximum atomic E-state index is 13.3. The Morgan fingerprint density at radius 2 is 1.59 bits per heavy atom. The summed E-state index contributed by atoms with van der Waals surface area (Å²) < 4.78 is 6.21. The van der Waals surface area contributed by atoms with E-state index < -0.39 is 0 Å². The van der Waals surface area contributed by atoms with Gasteiger partial charge in [-0.15, -0.1) is 0 Å². The molecule has 4 aromatic rings. The van der Waals surface area contributed by atoms with Crippen LogP contribution in [0.1, 0.15) is 44.6 Å². The molecule has 0 fully saturated rings. The first-order valence-corrected chi connectivity index (χ1v) is 12.9. The van der Waals surface area contributed by atoms with E-state index in [9.17, 15) is 4.79 Å². The molecule has 0 aliphatic carbocycles. The van der Waals surface area contributed by atoms with E-state index in [-0.39, 0.29) is 5.91 Å². The van der Waals surface area contributed by atoms with Crippen LogP contribution in [-0.2, 0) is 19.4 Å². The molecule has 1 aliphatic heterocycles. The molecule has 1 aliphatic rings. The Morgan fingerprint density at radius 1 is 0.865 bits per heavy atom. The fourth-order valence-corrected chi connectivity index (χ4v) is 4.71. The fraction of sp³-hybridized carbons (Fsp3) is 0.212. The third-order valence-corrected chi connectivity index (χ3v) is 6.80. The molecule has 3 aromatic carbocycles. The number of amides is 1. The average Bonchev–Trinajstić information content (AvgIpc) is 2.96. The van der Waals surface area contributed by atoms with Gasteiger partial charge in [-0.2, -0.15) is 0 Å². The molecule has 2 heterocycles. The molecule has 0 spiro atoms. The number of rotatable bonds is 8. The minimum absolute atomic E-state index is 0.0363. The number of hydrogen-bond donors (Lipinski definition) is 0. The van der Waals surface area contributed by atoms with Crippen LogP contribution < -0.4 is 4.74 Å². The van der Waals surface area contributed by atoms with Crippen molar-refractivity contribution in [2.24, 2.45) is 0 Å². The molecule has 37 heavy (non-hydrogen) atoms. The van der Waals surface area contributed by atoms with Crippen LogP contribution in [0.5, 0.6) is 5.75 Å². The van der Waals surface area contributed by atoms with Gasteiger partial charge in [-0.05, 0) is 66.6 Å². The Balaban J connectivity index is 1.25. The second kappa shape index (κ2) is 11.7.